The number of nitrogens with zero attached hydrogens (tertiary/aromatic N) is 1. The summed E-state index contributed by atoms with van der Waals surface area (Å²) in [6.45, 7) is 6.50. The third-order valence-electron chi connectivity index (χ3n) is 3.75. The maximum Gasteiger partial charge on any atom is 0.137 e. The van der Waals surface area contributed by atoms with Crippen LogP contribution in [0, 0.1) is 0 Å². The molecule has 1 aliphatic rings. The summed E-state index contributed by atoms with van der Waals surface area (Å²) in [6, 6.07) is 6.51. The van der Waals surface area contributed by atoms with Gasteiger partial charge in [0.25, 0.3) is 0 Å². The fourth-order valence-electron chi connectivity index (χ4n) is 2.81. The van der Waals surface area contributed by atoms with Gasteiger partial charge in [-0.2, -0.15) is 0 Å². The Morgan fingerprint density at radius 2 is 2.33 bits per heavy atom. The number of likely N-dealkylation sites (tertiary alicyclic amines) is 1. The molecule has 0 bridgehead atoms. The molecule has 1 saturated heterocycles. The molecule has 0 aliphatic carbocycles. The summed E-state index contributed by atoms with van der Waals surface area (Å²) in [5.41, 5.74) is 1.21. The number of ether oxygens (including phenoxy) is 1. The molecule has 0 unspecified atom stereocenters. The molecule has 0 spiro atoms. The van der Waals surface area contributed by atoms with Crippen molar-refractivity contribution in [3.63, 3.8) is 0 Å². The molecule has 2 rings (SSSR count). The molecule has 1 aromatic carbocycles. The minimum atomic E-state index is 0.199. The molecular formula is C16H25ClN2O2. The van der Waals surface area contributed by atoms with Crippen LogP contribution in [0.2, 0.25) is 5.02 Å². The molecule has 0 aromatic heterocycles. The number of benzene rings is 1. The maximum atomic E-state index is 8.90. The van der Waals surface area contributed by atoms with Crippen LogP contribution >= 0.6 is 11.6 Å². The Morgan fingerprint density at radius 3 is 3.05 bits per heavy atom. The van der Waals surface area contributed by atoms with Gasteiger partial charge in [-0.3, -0.25) is 4.90 Å². The summed E-state index contributed by atoms with van der Waals surface area (Å²) in [7, 11) is 0. The molecule has 1 atom stereocenters. The van der Waals surface area contributed by atoms with E-state index in [-0.39, 0.29) is 6.61 Å². The average Bonchev–Trinajstić information content (AvgIpc) is 2.48. The van der Waals surface area contributed by atoms with Crippen LogP contribution in [0.5, 0.6) is 5.75 Å². The first-order chi connectivity index (χ1) is 10.2. The molecule has 5 heteroatoms. The molecule has 2 N–H and O–H groups in total. The van der Waals surface area contributed by atoms with Gasteiger partial charge in [-0.15, -0.1) is 0 Å². The highest BCUT2D eigenvalue weighted by atomic mass is 35.5. The first-order valence-electron chi connectivity index (χ1n) is 7.70. The highest BCUT2D eigenvalue weighted by Gasteiger charge is 2.19. The van der Waals surface area contributed by atoms with Crippen LogP contribution in [0.1, 0.15) is 25.3 Å². The van der Waals surface area contributed by atoms with E-state index in [9.17, 15) is 0 Å². The normalized spacial score (nSPS) is 19.7. The number of rotatable bonds is 7. The predicted molar refractivity (Wildman–Crippen MR) is 86.0 cm³/mol. The number of halogens is 1. The Kier molecular flexibility index (Phi) is 6.77. The van der Waals surface area contributed by atoms with Gasteiger partial charge in [0, 0.05) is 25.7 Å². The monoisotopic (exact) mass is 312 g/mol. The van der Waals surface area contributed by atoms with Crippen molar-refractivity contribution in [2.24, 2.45) is 0 Å². The van der Waals surface area contributed by atoms with Gasteiger partial charge in [0.15, 0.2) is 0 Å². The first kappa shape index (κ1) is 16.6. The molecule has 0 saturated carbocycles. The number of hydrogen-bond acceptors (Lipinski definition) is 4. The minimum Gasteiger partial charge on any atom is -0.492 e. The SMILES string of the molecule is CCOc1ccc(CN2CCC[C@H](NCCO)C2)cc1Cl. The summed E-state index contributed by atoms with van der Waals surface area (Å²) < 4.78 is 5.46. The largest absolute Gasteiger partial charge is 0.492 e. The molecule has 0 radical (unpaired) electrons. The van der Waals surface area contributed by atoms with Crippen molar-refractivity contribution in [1.82, 2.24) is 10.2 Å². The zero-order valence-corrected chi connectivity index (χ0v) is 13.4. The van der Waals surface area contributed by atoms with Crippen molar-refractivity contribution >= 4 is 11.6 Å². The Morgan fingerprint density at radius 1 is 1.48 bits per heavy atom. The Balaban J connectivity index is 1.90. The number of piperidine rings is 1. The van der Waals surface area contributed by atoms with E-state index in [2.05, 4.69) is 16.3 Å². The number of nitrogens with one attached hydrogen (secondary N) is 1. The Hall–Kier alpha value is -0.810. The van der Waals surface area contributed by atoms with Gasteiger partial charge in [0.05, 0.1) is 18.2 Å². The zero-order chi connectivity index (χ0) is 15.1. The number of hydrogen-bond donors (Lipinski definition) is 2. The molecule has 1 heterocycles. The van der Waals surface area contributed by atoms with Gasteiger partial charge < -0.3 is 15.2 Å². The van der Waals surface area contributed by atoms with E-state index < -0.39 is 0 Å². The van der Waals surface area contributed by atoms with E-state index in [1.165, 1.54) is 18.4 Å². The summed E-state index contributed by atoms with van der Waals surface area (Å²) in [5, 5.41) is 13.0. The second-order valence-electron chi connectivity index (χ2n) is 5.45. The molecule has 1 aromatic rings. The van der Waals surface area contributed by atoms with Gasteiger partial charge in [-0.1, -0.05) is 17.7 Å². The van der Waals surface area contributed by atoms with Crippen LogP contribution in [0.15, 0.2) is 18.2 Å². The molecule has 0 amide bonds. The standard InChI is InChI=1S/C16H25ClN2O2/c1-2-21-16-6-5-13(10-15(16)17)11-19-8-3-4-14(12-19)18-7-9-20/h5-6,10,14,18,20H,2-4,7-9,11-12H2,1H3/t14-/m0/s1. The van der Waals surface area contributed by atoms with Crippen molar-refractivity contribution in [3.05, 3.63) is 28.8 Å². The van der Waals surface area contributed by atoms with Crippen LogP contribution in [-0.2, 0) is 6.54 Å². The fraction of sp³-hybridized carbons (Fsp3) is 0.625. The smallest absolute Gasteiger partial charge is 0.137 e. The van der Waals surface area contributed by atoms with E-state index in [0.29, 0.717) is 24.2 Å². The fourth-order valence-corrected chi connectivity index (χ4v) is 3.07. The molecule has 118 valence electrons. The first-order valence-corrected chi connectivity index (χ1v) is 8.08. The second kappa shape index (κ2) is 8.59. The predicted octanol–water partition coefficient (Wildman–Crippen LogP) is 2.29. The van der Waals surface area contributed by atoms with Gasteiger partial charge in [0.2, 0.25) is 0 Å². The second-order valence-corrected chi connectivity index (χ2v) is 5.86. The lowest BCUT2D eigenvalue weighted by molar-refractivity contribution is 0.176. The van der Waals surface area contributed by atoms with Crippen LogP contribution in [0.25, 0.3) is 0 Å². The van der Waals surface area contributed by atoms with E-state index in [4.69, 9.17) is 21.4 Å². The molecular weight excluding hydrogens is 288 g/mol. The van der Waals surface area contributed by atoms with Crippen LogP contribution in [0.4, 0.5) is 0 Å². The van der Waals surface area contributed by atoms with Gasteiger partial charge in [0.1, 0.15) is 5.75 Å². The molecule has 4 nitrogen and oxygen atoms in total. The van der Waals surface area contributed by atoms with Gasteiger partial charge >= 0.3 is 0 Å². The van der Waals surface area contributed by atoms with Gasteiger partial charge in [-0.25, -0.2) is 0 Å². The van der Waals surface area contributed by atoms with Gasteiger partial charge in [-0.05, 0) is 44.0 Å². The summed E-state index contributed by atoms with van der Waals surface area (Å²) >= 11 is 6.24. The highest BCUT2D eigenvalue weighted by Crippen LogP contribution is 2.26. The van der Waals surface area contributed by atoms with Crippen molar-refractivity contribution in [2.45, 2.75) is 32.4 Å². The molecule has 1 fully saturated rings. The van der Waals surface area contributed by atoms with E-state index in [1.54, 1.807) is 0 Å². The van der Waals surface area contributed by atoms with Crippen molar-refractivity contribution in [2.75, 3.05) is 32.8 Å². The lowest BCUT2D eigenvalue weighted by Gasteiger charge is -2.33. The zero-order valence-electron chi connectivity index (χ0n) is 12.6. The summed E-state index contributed by atoms with van der Waals surface area (Å²) in [6.07, 6.45) is 2.37. The molecule has 1 aliphatic heterocycles. The minimum absolute atomic E-state index is 0.199. The van der Waals surface area contributed by atoms with Crippen molar-refractivity contribution < 1.29 is 9.84 Å². The van der Waals surface area contributed by atoms with Crippen molar-refractivity contribution in [1.29, 1.82) is 0 Å². The third-order valence-corrected chi connectivity index (χ3v) is 4.05. The number of aliphatic hydroxyl groups is 1. The Labute approximate surface area is 132 Å². The summed E-state index contributed by atoms with van der Waals surface area (Å²) in [4.78, 5) is 2.44. The highest BCUT2D eigenvalue weighted by molar-refractivity contribution is 6.32. The lowest BCUT2D eigenvalue weighted by atomic mass is 10.0. The maximum absolute atomic E-state index is 8.90. The lowest BCUT2D eigenvalue weighted by Crippen LogP contribution is -2.46. The number of aliphatic hydroxyl groups excluding tert-OH is 1. The van der Waals surface area contributed by atoms with E-state index in [1.807, 2.05) is 19.1 Å². The summed E-state index contributed by atoms with van der Waals surface area (Å²) in [5.74, 6) is 0.754. The Bertz CT molecular complexity index is 442. The van der Waals surface area contributed by atoms with Crippen molar-refractivity contribution in [3.8, 4) is 5.75 Å². The third kappa shape index (κ3) is 5.15. The van der Waals surface area contributed by atoms with E-state index in [0.717, 1.165) is 25.4 Å². The quantitative estimate of drug-likeness (QED) is 0.811. The topological polar surface area (TPSA) is 44.7 Å². The van der Waals surface area contributed by atoms with Crippen LogP contribution < -0.4 is 10.1 Å². The van der Waals surface area contributed by atoms with E-state index >= 15 is 0 Å². The van der Waals surface area contributed by atoms with Crippen LogP contribution in [0.3, 0.4) is 0 Å². The average molecular weight is 313 g/mol. The molecule has 21 heavy (non-hydrogen) atoms. The van der Waals surface area contributed by atoms with Crippen LogP contribution in [-0.4, -0.2) is 48.9 Å².